The summed E-state index contributed by atoms with van der Waals surface area (Å²) in [5.74, 6) is 0.984. The van der Waals surface area contributed by atoms with Gasteiger partial charge in [-0.05, 0) is 42.3 Å². The maximum absolute atomic E-state index is 5.63. The smallest absolute Gasteiger partial charge is 0.157 e. The highest BCUT2D eigenvalue weighted by atomic mass is 15.4. The molecule has 0 aliphatic heterocycles. The van der Waals surface area contributed by atoms with E-state index in [1.807, 2.05) is 29.8 Å². The minimum absolute atomic E-state index is 0.557. The van der Waals surface area contributed by atoms with Crippen LogP contribution in [0.15, 0.2) is 42.7 Å². The molecular formula is C15H17N5. The van der Waals surface area contributed by atoms with Crippen LogP contribution in [0.4, 0.5) is 11.5 Å². The quantitative estimate of drug-likeness (QED) is 0.790. The third kappa shape index (κ3) is 2.12. The van der Waals surface area contributed by atoms with Gasteiger partial charge in [0, 0.05) is 19.3 Å². The lowest BCUT2D eigenvalue weighted by atomic mass is 10.2. The Morgan fingerprint density at radius 2 is 1.95 bits per heavy atom. The first-order chi connectivity index (χ1) is 9.69. The predicted octanol–water partition coefficient (Wildman–Crippen LogP) is 2.26. The normalized spacial score (nSPS) is 10.9. The van der Waals surface area contributed by atoms with Gasteiger partial charge in [-0.3, -0.25) is 0 Å². The van der Waals surface area contributed by atoms with E-state index in [-0.39, 0.29) is 0 Å². The van der Waals surface area contributed by atoms with Crippen molar-refractivity contribution in [2.45, 2.75) is 13.5 Å². The van der Waals surface area contributed by atoms with Gasteiger partial charge in [0.05, 0.1) is 0 Å². The molecule has 102 valence electrons. The fourth-order valence-corrected chi connectivity index (χ4v) is 2.26. The lowest BCUT2D eigenvalue weighted by Crippen LogP contribution is -2.14. The van der Waals surface area contributed by atoms with Gasteiger partial charge in [0.1, 0.15) is 12.1 Å². The van der Waals surface area contributed by atoms with Crippen LogP contribution in [-0.2, 0) is 6.54 Å². The zero-order valence-electron chi connectivity index (χ0n) is 11.6. The number of hydrogen-bond donors (Lipinski definition) is 1. The molecular weight excluding hydrogens is 250 g/mol. The van der Waals surface area contributed by atoms with Crippen LogP contribution >= 0.6 is 0 Å². The van der Waals surface area contributed by atoms with E-state index in [1.165, 1.54) is 0 Å². The van der Waals surface area contributed by atoms with Gasteiger partial charge in [0.15, 0.2) is 5.65 Å². The van der Waals surface area contributed by atoms with Crippen molar-refractivity contribution in [1.82, 2.24) is 14.6 Å². The molecule has 2 heterocycles. The molecule has 2 aromatic heterocycles. The van der Waals surface area contributed by atoms with Gasteiger partial charge in [0.2, 0.25) is 0 Å². The molecule has 0 unspecified atom stereocenters. The van der Waals surface area contributed by atoms with E-state index in [4.69, 9.17) is 5.73 Å². The number of nitrogens with two attached hydrogens (primary N) is 1. The van der Waals surface area contributed by atoms with Gasteiger partial charge in [-0.1, -0.05) is 12.1 Å². The molecule has 0 bridgehead atoms. The van der Waals surface area contributed by atoms with Crippen LogP contribution in [0.1, 0.15) is 11.1 Å². The molecule has 20 heavy (non-hydrogen) atoms. The third-order valence-electron chi connectivity index (χ3n) is 3.41. The Balaban J connectivity index is 2.06. The number of nitrogens with zero attached hydrogens (tertiary/aromatic N) is 4. The van der Waals surface area contributed by atoms with Crippen molar-refractivity contribution in [2.24, 2.45) is 5.73 Å². The van der Waals surface area contributed by atoms with Crippen molar-refractivity contribution in [3.8, 4) is 0 Å². The first-order valence-corrected chi connectivity index (χ1v) is 6.52. The molecule has 2 N–H and O–H groups in total. The van der Waals surface area contributed by atoms with Crippen molar-refractivity contribution in [1.29, 1.82) is 0 Å². The fourth-order valence-electron chi connectivity index (χ4n) is 2.26. The summed E-state index contributed by atoms with van der Waals surface area (Å²) < 4.78 is 1.84. The number of fused-ring (bicyclic) bond motifs is 1. The zero-order valence-corrected chi connectivity index (χ0v) is 11.6. The first-order valence-electron chi connectivity index (χ1n) is 6.52. The second-order valence-electron chi connectivity index (χ2n) is 4.85. The van der Waals surface area contributed by atoms with E-state index in [0.29, 0.717) is 6.54 Å². The summed E-state index contributed by atoms with van der Waals surface area (Å²) in [6.07, 6.45) is 1.57. The SMILES string of the molecule is Cc1cc(N(C)c2ccc(CN)cc2)n2ncnc2c1. The maximum Gasteiger partial charge on any atom is 0.157 e. The maximum atomic E-state index is 5.63. The molecule has 0 saturated carbocycles. The van der Waals surface area contributed by atoms with E-state index in [9.17, 15) is 0 Å². The van der Waals surface area contributed by atoms with Gasteiger partial charge < -0.3 is 10.6 Å². The lowest BCUT2D eigenvalue weighted by molar-refractivity contribution is 0.926. The molecule has 5 nitrogen and oxygen atoms in total. The highest BCUT2D eigenvalue weighted by Crippen LogP contribution is 2.25. The fraction of sp³-hybridized carbons (Fsp3) is 0.200. The zero-order chi connectivity index (χ0) is 14.1. The molecule has 0 aliphatic carbocycles. The van der Waals surface area contributed by atoms with E-state index in [1.54, 1.807) is 6.33 Å². The molecule has 0 spiro atoms. The minimum Gasteiger partial charge on any atom is -0.329 e. The van der Waals surface area contributed by atoms with Crippen molar-refractivity contribution >= 4 is 17.2 Å². The van der Waals surface area contributed by atoms with Crippen LogP contribution in [0.2, 0.25) is 0 Å². The average Bonchev–Trinajstić information content (AvgIpc) is 2.94. The third-order valence-corrected chi connectivity index (χ3v) is 3.41. The van der Waals surface area contributed by atoms with Gasteiger partial charge >= 0.3 is 0 Å². The standard InChI is InChI=1S/C15H17N5/c1-11-7-14-17-10-18-20(14)15(8-11)19(2)13-5-3-12(9-16)4-6-13/h3-8,10H,9,16H2,1-2H3. The molecule has 3 aromatic rings. The molecule has 0 radical (unpaired) electrons. The Bertz CT molecular complexity index is 730. The highest BCUT2D eigenvalue weighted by Gasteiger charge is 2.10. The van der Waals surface area contributed by atoms with E-state index in [0.717, 1.165) is 28.3 Å². The van der Waals surface area contributed by atoms with Crippen molar-refractivity contribution in [3.63, 3.8) is 0 Å². The molecule has 0 saturated heterocycles. The second-order valence-corrected chi connectivity index (χ2v) is 4.85. The molecule has 3 rings (SSSR count). The predicted molar refractivity (Wildman–Crippen MR) is 80.1 cm³/mol. The lowest BCUT2D eigenvalue weighted by Gasteiger charge is -2.20. The summed E-state index contributed by atoms with van der Waals surface area (Å²) in [4.78, 5) is 6.34. The Morgan fingerprint density at radius 3 is 2.65 bits per heavy atom. The van der Waals surface area contributed by atoms with Crippen molar-refractivity contribution in [2.75, 3.05) is 11.9 Å². The molecule has 0 fully saturated rings. The molecule has 5 heteroatoms. The Labute approximate surface area is 117 Å². The van der Waals surface area contributed by atoms with Crippen LogP contribution in [0.25, 0.3) is 5.65 Å². The van der Waals surface area contributed by atoms with Crippen molar-refractivity contribution in [3.05, 3.63) is 53.9 Å². The van der Waals surface area contributed by atoms with Crippen LogP contribution in [0, 0.1) is 6.92 Å². The Hall–Kier alpha value is -2.40. The van der Waals surface area contributed by atoms with E-state index in [2.05, 4.69) is 40.1 Å². The number of hydrogen-bond acceptors (Lipinski definition) is 4. The summed E-state index contributed by atoms with van der Waals surface area (Å²) in [6.45, 7) is 2.62. The van der Waals surface area contributed by atoms with E-state index >= 15 is 0 Å². The topological polar surface area (TPSA) is 59.5 Å². The first kappa shape index (κ1) is 12.6. The van der Waals surface area contributed by atoms with Gasteiger partial charge in [-0.25, -0.2) is 4.98 Å². The highest BCUT2D eigenvalue weighted by molar-refractivity contribution is 5.63. The van der Waals surface area contributed by atoms with Crippen LogP contribution in [0.5, 0.6) is 0 Å². The molecule has 0 atom stereocenters. The molecule has 0 amide bonds. The monoisotopic (exact) mass is 267 g/mol. The van der Waals surface area contributed by atoms with E-state index < -0.39 is 0 Å². The van der Waals surface area contributed by atoms with Crippen LogP contribution in [-0.4, -0.2) is 21.6 Å². The summed E-state index contributed by atoms with van der Waals surface area (Å²) in [5, 5.41) is 4.28. The minimum atomic E-state index is 0.557. The Morgan fingerprint density at radius 1 is 1.20 bits per heavy atom. The average molecular weight is 267 g/mol. The number of benzene rings is 1. The molecule has 0 aliphatic rings. The summed E-state index contributed by atoms with van der Waals surface area (Å²) >= 11 is 0. The van der Waals surface area contributed by atoms with Crippen molar-refractivity contribution < 1.29 is 0 Å². The summed E-state index contributed by atoms with van der Waals surface area (Å²) in [7, 11) is 2.02. The Kier molecular flexibility index (Phi) is 3.12. The number of rotatable bonds is 3. The largest absolute Gasteiger partial charge is 0.329 e. The number of pyridine rings is 1. The van der Waals surface area contributed by atoms with Gasteiger partial charge in [0.25, 0.3) is 0 Å². The van der Waals surface area contributed by atoms with Gasteiger partial charge in [-0.15, -0.1) is 0 Å². The summed E-state index contributed by atoms with van der Waals surface area (Å²) in [5.41, 5.74) is 9.85. The number of aryl methyl sites for hydroxylation is 1. The van der Waals surface area contributed by atoms with Gasteiger partial charge in [-0.2, -0.15) is 9.61 Å². The van der Waals surface area contributed by atoms with Crippen LogP contribution < -0.4 is 10.6 Å². The number of anilines is 2. The second kappa shape index (κ2) is 4.94. The summed E-state index contributed by atoms with van der Waals surface area (Å²) in [6, 6.07) is 12.3. The number of aromatic nitrogens is 3. The molecule has 1 aromatic carbocycles. The van der Waals surface area contributed by atoms with Crippen LogP contribution in [0.3, 0.4) is 0 Å².